The second-order valence-electron chi connectivity index (χ2n) is 29.3. The van der Waals surface area contributed by atoms with Crippen molar-refractivity contribution in [3.05, 3.63) is 413 Å². The van der Waals surface area contributed by atoms with Crippen LogP contribution in [0.15, 0.2) is 417 Å². The fourth-order valence-corrected chi connectivity index (χ4v) is 31.2. The molecule has 552 valence electrons. The molecular weight excluding hydrogens is 1490 g/mol. The fraction of sp³-hybridized carbons (Fsp3) is 0.0388. The molecule has 0 radical (unpaired) electrons. The van der Waals surface area contributed by atoms with Crippen LogP contribution in [-0.2, 0) is 0 Å². The molecule has 0 bridgehead atoms. The van der Waals surface area contributed by atoms with E-state index < -0.39 is 24.2 Å². The molecule has 0 unspecified atom stereocenters. The van der Waals surface area contributed by atoms with Gasteiger partial charge in [0.25, 0.3) is 0 Å². The first kappa shape index (κ1) is 72.1. The van der Waals surface area contributed by atoms with Crippen molar-refractivity contribution >= 4 is 179 Å². The number of para-hydroxylation sites is 5. The third-order valence-corrected chi connectivity index (χ3v) is 38.7. The zero-order valence-electron chi connectivity index (χ0n) is 64.2. The second-order valence-corrected chi connectivity index (χ2v) is 43.1. The Balaban J connectivity index is 0.000000114. The predicted octanol–water partition coefficient (Wildman–Crippen LogP) is 20.2. The Labute approximate surface area is 679 Å². The Kier molecular flexibility index (Phi) is 19.3. The highest BCUT2D eigenvalue weighted by molar-refractivity contribution is 7.24. The lowest BCUT2D eigenvalue weighted by molar-refractivity contribution is 0.643. The van der Waals surface area contributed by atoms with Gasteiger partial charge in [0.15, 0.2) is 23.6 Å². The molecule has 22 rings (SSSR count). The topological polar surface area (TPSA) is 65.0 Å². The summed E-state index contributed by atoms with van der Waals surface area (Å²) in [6.07, 6.45) is 0. The van der Waals surface area contributed by atoms with Gasteiger partial charge in [-0.15, -0.1) is 0 Å². The third kappa shape index (κ3) is 12.8. The minimum absolute atomic E-state index is 0.621. The molecule has 7 nitrogen and oxygen atoms in total. The first-order valence-corrected chi connectivity index (χ1v) is 48.0. The van der Waals surface area contributed by atoms with E-state index in [1.165, 1.54) is 100 Å². The molecule has 6 aromatic heterocycles. The summed E-state index contributed by atoms with van der Waals surface area (Å²) < 4.78 is 15.3. The van der Waals surface area contributed by atoms with Gasteiger partial charge in [0.2, 0.25) is 0 Å². The average Bonchev–Trinajstić information content (AvgIpc) is 1.64. The summed E-state index contributed by atoms with van der Waals surface area (Å²) in [5.41, 5.74) is 18.0. The van der Waals surface area contributed by atoms with Gasteiger partial charge in [0, 0.05) is 0 Å². The molecule has 0 fully saturated rings. The Hall–Kier alpha value is -13.2. The number of thiazole rings is 2. The third-order valence-electron chi connectivity index (χ3n) is 23.0. The van der Waals surface area contributed by atoms with Crippen molar-refractivity contribution in [1.82, 2.24) is 28.2 Å². The van der Waals surface area contributed by atoms with Crippen LogP contribution in [0.3, 0.4) is 0 Å². The Bertz CT molecular complexity index is 6780. The highest BCUT2D eigenvalue weighted by atomic mass is 32.1. The molecular formula is C103H80N6OS2Si3. The van der Waals surface area contributed by atoms with Gasteiger partial charge in [-0.25, -0.2) is 9.97 Å². The summed E-state index contributed by atoms with van der Waals surface area (Å²) in [7, 11) is -6.94. The van der Waals surface area contributed by atoms with Crippen molar-refractivity contribution < 1.29 is 4.42 Å². The molecule has 0 amide bonds. The second kappa shape index (κ2) is 30.7. The van der Waals surface area contributed by atoms with Crippen LogP contribution in [0.1, 0.15) is 13.8 Å². The maximum atomic E-state index is 6.05. The molecule has 0 aliphatic carbocycles. The van der Waals surface area contributed by atoms with Gasteiger partial charge in [-0.05, 0) is 158 Å². The van der Waals surface area contributed by atoms with Crippen LogP contribution < -0.4 is 51.9 Å². The van der Waals surface area contributed by atoms with Gasteiger partial charge < -0.3 is 4.42 Å². The minimum atomic E-state index is -2.61. The number of hydrogen-bond acceptors (Lipinski definition) is 6. The van der Waals surface area contributed by atoms with E-state index in [4.69, 9.17) is 19.4 Å². The Morgan fingerprint density at radius 3 is 1.03 bits per heavy atom. The first-order valence-electron chi connectivity index (χ1n) is 39.4. The molecule has 0 spiro atoms. The van der Waals surface area contributed by atoms with Crippen molar-refractivity contribution in [2.75, 3.05) is 0 Å². The summed E-state index contributed by atoms with van der Waals surface area (Å²) in [5, 5.41) is 14.0. The summed E-state index contributed by atoms with van der Waals surface area (Å²) in [5.74, 6) is 0.621. The largest absolute Gasteiger partial charge is 0.423 e. The van der Waals surface area contributed by atoms with Crippen LogP contribution in [-0.4, -0.2) is 52.4 Å². The molecule has 0 N–H and O–H groups in total. The van der Waals surface area contributed by atoms with Crippen LogP contribution in [0, 0.1) is 0 Å². The SMILES string of the molecule is CC.C[Si](c1ccccc1)(c1ccccc1)c1cccc(-c2ccc3nc4sc5ccccc5n4c3c2)c1.C[Si](c1ccccc1)(c1ccccc1)c1cccc(-c2ccc3sc4nc5ccccc5n4c3c2)c1.c1ccc([Si](c2ccccc2)(c2ccccc2)c2cccc(-c3ccc4nc5oc6ccccc6n5c4c3)c2)cc1. The Morgan fingerprint density at radius 2 is 0.557 bits per heavy atom. The van der Waals surface area contributed by atoms with Crippen LogP contribution in [0.25, 0.3) is 114 Å². The molecule has 16 aromatic carbocycles. The van der Waals surface area contributed by atoms with E-state index in [9.17, 15) is 0 Å². The number of aromatic nitrogens is 6. The van der Waals surface area contributed by atoms with E-state index in [2.05, 4.69) is 421 Å². The van der Waals surface area contributed by atoms with E-state index in [-0.39, 0.29) is 0 Å². The van der Waals surface area contributed by atoms with E-state index in [0.717, 1.165) is 59.7 Å². The van der Waals surface area contributed by atoms with E-state index in [1.54, 1.807) is 22.7 Å². The van der Waals surface area contributed by atoms with Gasteiger partial charge in [-0.1, -0.05) is 389 Å². The highest BCUT2D eigenvalue weighted by Crippen LogP contribution is 2.36. The normalized spacial score (nSPS) is 11.8. The highest BCUT2D eigenvalue weighted by Gasteiger charge is 2.42. The molecule has 115 heavy (non-hydrogen) atoms. The monoisotopic (exact) mass is 1560 g/mol. The molecule has 22 aromatic rings. The quantitative estimate of drug-likeness (QED) is 0.0852. The van der Waals surface area contributed by atoms with Gasteiger partial charge in [-0.3, -0.25) is 13.2 Å². The summed E-state index contributed by atoms with van der Waals surface area (Å²) in [6, 6.07) is 150. The van der Waals surface area contributed by atoms with E-state index in [1.807, 2.05) is 32.0 Å². The lowest BCUT2D eigenvalue weighted by atomic mass is 10.1. The van der Waals surface area contributed by atoms with Crippen molar-refractivity contribution in [2.24, 2.45) is 0 Å². The maximum absolute atomic E-state index is 6.05. The summed E-state index contributed by atoms with van der Waals surface area (Å²) in [4.78, 5) is 16.6. The molecule has 0 aliphatic rings. The maximum Gasteiger partial charge on any atom is 0.307 e. The lowest BCUT2D eigenvalue weighted by Gasteiger charge is -2.34. The number of hydrogen-bond donors (Lipinski definition) is 0. The number of rotatable bonds is 13. The summed E-state index contributed by atoms with van der Waals surface area (Å²) >= 11 is 3.50. The fourth-order valence-electron chi connectivity index (χ4n) is 17.2. The zero-order valence-corrected chi connectivity index (χ0v) is 68.8. The molecule has 6 heterocycles. The number of fused-ring (bicyclic) bond motifs is 15. The molecule has 0 atom stereocenters. The first-order chi connectivity index (χ1) is 56.7. The molecule has 0 saturated carbocycles. The van der Waals surface area contributed by atoms with Crippen LogP contribution in [0.4, 0.5) is 0 Å². The number of benzene rings is 16. The van der Waals surface area contributed by atoms with Crippen LogP contribution >= 0.6 is 22.7 Å². The standard InChI is InChI=1S/C37H26N2OSi.2C32H24N2SSi.C2H6/c1-4-14-29(15-5-1)41(30-16-6-2-7-17-30,31-18-8-3-9-19-31)32-20-12-13-27(25-32)28-23-24-33-35(26-28)39-34-21-10-11-22-36(34)40-37(39)38-33;1-36(25-12-4-2-5-13-25,26-14-6-3-7-15-26)27-16-10-11-23(21-27)24-19-20-28-30(22-24)34-29-17-8-9-18-31(29)35-32(34)33-28;1-36(25-12-4-2-5-13-25,26-14-6-3-7-15-26)27-16-10-11-23(21-27)24-19-20-31-30(22-24)34-29-18-9-8-17-28(29)33-32(34)35-31;1-2/h1-26H;2*2-22H,1H3;1-2H3. The number of oxazole rings is 1. The smallest absolute Gasteiger partial charge is 0.307 e. The average molecular weight is 1570 g/mol. The van der Waals surface area contributed by atoms with E-state index >= 15 is 0 Å². The minimum Gasteiger partial charge on any atom is -0.423 e. The number of imidazole rings is 3. The summed E-state index contributed by atoms with van der Waals surface area (Å²) in [6.45, 7) is 8.94. The van der Waals surface area contributed by atoms with Gasteiger partial charge in [0.1, 0.15) is 16.1 Å². The van der Waals surface area contributed by atoms with Crippen molar-refractivity contribution in [2.45, 2.75) is 26.9 Å². The van der Waals surface area contributed by atoms with Gasteiger partial charge in [-0.2, -0.15) is 4.98 Å². The van der Waals surface area contributed by atoms with Crippen molar-refractivity contribution in [1.29, 1.82) is 0 Å². The predicted molar refractivity (Wildman–Crippen MR) is 497 cm³/mol. The van der Waals surface area contributed by atoms with Crippen LogP contribution in [0.2, 0.25) is 13.1 Å². The number of nitrogens with zero attached hydrogens (tertiary/aromatic N) is 6. The lowest BCUT2D eigenvalue weighted by Crippen LogP contribution is -2.74. The van der Waals surface area contributed by atoms with Gasteiger partial charge in [0.05, 0.1) is 59.1 Å². The van der Waals surface area contributed by atoms with E-state index in [0.29, 0.717) is 5.84 Å². The zero-order chi connectivity index (χ0) is 77.5. The molecule has 12 heteroatoms. The van der Waals surface area contributed by atoms with Crippen molar-refractivity contribution in [3.8, 4) is 33.4 Å². The van der Waals surface area contributed by atoms with Gasteiger partial charge >= 0.3 is 5.84 Å². The molecule has 0 aliphatic heterocycles. The Morgan fingerprint density at radius 1 is 0.235 bits per heavy atom. The van der Waals surface area contributed by atoms with Crippen molar-refractivity contribution in [3.63, 3.8) is 0 Å². The molecule has 0 saturated heterocycles. The van der Waals surface area contributed by atoms with Crippen LogP contribution in [0.5, 0.6) is 0 Å².